The van der Waals surface area contributed by atoms with E-state index in [1.54, 1.807) is 11.3 Å². The molecule has 0 unspecified atom stereocenters. The molecule has 1 aromatic carbocycles. The minimum absolute atomic E-state index is 0.0306. The Bertz CT molecular complexity index is 887. The Hall–Kier alpha value is -2.58. The van der Waals surface area contributed by atoms with Crippen LogP contribution in [0.5, 0.6) is 0 Å². The minimum Gasteiger partial charge on any atom is -0.456 e. The lowest BCUT2D eigenvalue weighted by atomic mass is 10.1. The molecular formula is C16H12N2O4S2. The second-order valence-corrected chi connectivity index (χ2v) is 6.71. The maximum atomic E-state index is 12.2. The van der Waals surface area contributed by atoms with Gasteiger partial charge in [0.25, 0.3) is 5.69 Å². The molecule has 0 bridgehead atoms. The smallest absolute Gasteiger partial charge is 0.339 e. The van der Waals surface area contributed by atoms with E-state index < -0.39 is 10.9 Å². The lowest BCUT2D eigenvalue weighted by Crippen LogP contribution is -2.08. The molecule has 24 heavy (non-hydrogen) atoms. The summed E-state index contributed by atoms with van der Waals surface area (Å²) >= 11 is 3.08. The molecule has 0 saturated heterocycles. The van der Waals surface area contributed by atoms with Crippen LogP contribution in [0.2, 0.25) is 0 Å². The number of esters is 1. The van der Waals surface area contributed by atoms with Gasteiger partial charge in [0.15, 0.2) is 0 Å². The molecule has 0 atom stereocenters. The van der Waals surface area contributed by atoms with Crippen molar-refractivity contribution in [2.24, 2.45) is 0 Å². The zero-order valence-corrected chi connectivity index (χ0v) is 14.2. The summed E-state index contributed by atoms with van der Waals surface area (Å²) in [5, 5.41) is 15.6. The van der Waals surface area contributed by atoms with Gasteiger partial charge < -0.3 is 4.74 Å². The number of nitrogens with zero attached hydrogens (tertiary/aromatic N) is 2. The van der Waals surface area contributed by atoms with Crippen LogP contribution in [0.25, 0.3) is 9.88 Å². The standard InChI is InChI=1S/C16H12N2O4S2/c1-10-12(4-2-5-13(10)18(20)21)16(19)22-8-11-9-24-15(17-11)14-6-3-7-23-14/h2-7,9H,8H2,1H3. The number of benzene rings is 1. The van der Waals surface area contributed by atoms with Crippen molar-refractivity contribution in [3.05, 3.63) is 68.0 Å². The molecule has 0 aliphatic carbocycles. The van der Waals surface area contributed by atoms with Crippen molar-refractivity contribution >= 4 is 34.3 Å². The second kappa shape index (κ2) is 6.90. The summed E-state index contributed by atoms with van der Waals surface area (Å²) in [6.45, 7) is 1.56. The van der Waals surface area contributed by atoms with E-state index in [9.17, 15) is 14.9 Å². The number of hydrogen-bond donors (Lipinski definition) is 0. The molecule has 0 spiro atoms. The molecular weight excluding hydrogens is 348 g/mol. The SMILES string of the molecule is Cc1c(C(=O)OCc2csc(-c3cccs3)n2)cccc1[N+](=O)[O-]. The van der Waals surface area contributed by atoms with Crippen molar-refractivity contribution in [3.8, 4) is 9.88 Å². The number of aromatic nitrogens is 1. The van der Waals surface area contributed by atoms with Gasteiger partial charge in [-0.2, -0.15) is 0 Å². The van der Waals surface area contributed by atoms with E-state index in [1.165, 1.54) is 36.5 Å². The maximum absolute atomic E-state index is 12.2. The van der Waals surface area contributed by atoms with E-state index in [0.717, 1.165) is 9.88 Å². The zero-order chi connectivity index (χ0) is 17.1. The first-order valence-electron chi connectivity index (χ1n) is 6.95. The lowest BCUT2D eigenvalue weighted by molar-refractivity contribution is -0.385. The third-order valence-electron chi connectivity index (χ3n) is 3.36. The van der Waals surface area contributed by atoms with Gasteiger partial charge in [-0.25, -0.2) is 9.78 Å². The topological polar surface area (TPSA) is 82.3 Å². The van der Waals surface area contributed by atoms with Crippen LogP contribution in [-0.2, 0) is 11.3 Å². The molecule has 3 rings (SSSR count). The van der Waals surface area contributed by atoms with E-state index in [1.807, 2.05) is 22.9 Å². The Morgan fingerprint density at radius 3 is 2.83 bits per heavy atom. The summed E-state index contributed by atoms with van der Waals surface area (Å²) in [6, 6.07) is 8.28. The molecule has 2 heterocycles. The van der Waals surface area contributed by atoms with Crippen molar-refractivity contribution in [2.45, 2.75) is 13.5 Å². The van der Waals surface area contributed by atoms with Crippen LogP contribution in [-0.4, -0.2) is 15.9 Å². The van der Waals surface area contributed by atoms with Gasteiger partial charge >= 0.3 is 5.97 Å². The maximum Gasteiger partial charge on any atom is 0.339 e. The molecule has 122 valence electrons. The van der Waals surface area contributed by atoms with Gasteiger partial charge in [0, 0.05) is 17.0 Å². The Kier molecular flexibility index (Phi) is 4.68. The third kappa shape index (κ3) is 3.34. The van der Waals surface area contributed by atoms with E-state index in [0.29, 0.717) is 11.3 Å². The van der Waals surface area contributed by atoms with Crippen molar-refractivity contribution in [1.29, 1.82) is 0 Å². The molecule has 3 aromatic rings. The molecule has 0 saturated carbocycles. The molecule has 0 radical (unpaired) electrons. The normalized spacial score (nSPS) is 10.5. The van der Waals surface area contributed by atoms with Crippen LogP contribution < -0.4 is 0 Å². The molecule has 0 amide bonds. The highest BCUT2D eigenvalue weighted by Crippen LogP contribution is 2.28. The van der Waals surface area contributed by atoms with E-state index in [2.05, 4.69) is 4.98 Å². The van der Waals surface area contributed by atoms with Gasteiger partial charge in [-0.15, -0.1) is 22.7 Å². The van der Waals surface area contributed by atoms with E-state index in [4.69, 9.17) is 4.74 Å². The van der Waals surface area contributed by atoms with Gasteiger partial charge in [0.2, 0.25) is 0 Å². The van der Waals surface area contributed by atoms with Crippen molar-refractivity contribution in [2.75, 3.05) is 0 Å². The highest BCUT2D eigenvalue weighted by Gasteiger charge is 2.19. The number of nitro benzene ring substituents is 1. The number of carbonyl (C=O) groups is 1. The average molecular weight is 360 g/mol. The fourth-order valence-electron chi connectivity index (χ4n) is 2.15. The lowest BCUT2D eigenvalue weighted by Gasteiger charge is -2.06. The number of ether oxygens (including phenoxy) is 1. The number of thiophene rings is 1. The number of hydrogen-bond acceptors (Lipinski definition) is 7. The Balaban J connectivity index is 1.70. The first-order chi connectivity index (χ1) is 11.6. The summed E-state index contributed by atoms with van der Waals surface area (Å²) in [4.78, 5) is 28.1. The first kappa shape index (κ1) is 16.3. The number of nitro groups is 1. The van der Waals surface area contributed by atoms with Gasteiger partial charge in [-0.3, -0.25) is 10.1 Å². The Morgan fingerprint density at radius 1 is 1.29 bits per heavy atom. The zero-order valence-electron chi connectivity index (χ0n) is 12.6. The highest BCUT2D eigenvalue weighted by atomic mass is 32.1. The molecule has 0 aliphatic heterocycles. The number of thiazole rings is 1. The predicted molar refractivity (Wildman–Crippen MR) is 92.4 cm³/mol. The summed E-state index contributed by atoms with van der Waals surface area (Å²) in [5.41, 5.74) is 1.04. The quantitative estimate of drug-likeness (QED) is 0.381. The minimum atomic E-state index is -0.595. The van der Waals surface area contributed by atoms with Crippen LogP contribution >= 0.6 is 22.7 Å². The summed E-state index contributed by atoms with van der Waals surface area (Å²) < 4.78 is 5.25. The van der Waals surface area contributed by atoms with Gasteiger partial charge in [0.1, 0.15) is 11.6 Å². The second-order valence-electron chi connectivity index (χ2n) is 4.90. The van der Waals surface area contributed by atoms with Crippen LogP contribution in [0.3, 0.4) is 0 Å². The monoisotopic (exact) mass is 360 g/mol. The summed E-state index contributed by atoms with van der Waals surface area (Å²) in [7, 11) is 0. The molecule has 2 aromatic heterocycles. The molecule has 0 aliphatic rings. The summed E-state index contributed by atoms with van der Waals surface area (Å²) in [6.07, 6.45) is 0. The molecule has 6 nitrogen and oxygen atoms in total. The van der Waals surface area contributed by atoms with Crippen molar-refractivity contribution in [1.82, 2.24) is 4.98 Å². The molecule has 0 N–H and O–H groups in total. The van der Waals surface area contributed by atoms with Crippen LogP contribution in [0.4, 0.5) is 5.69 Å². The van der Waals surface area contributed by atoms with E-state index in [-0.39, 0.29) is 17.9 Å². The number of carbonyl (C=O) groups excluding carboxylic acids is 1. The van der Waals surface area contributed by atoms with Gasteiger partial charge in [-0.05, 0) is 24.4 Å². The molecule has 0 fully saturated rings. The fraction of sp³-hybridized carbons (Fsp3) is 0.125. The van der Waals surface area contributed by atoms with Crippen molar-refractivity contribution < 1.29 is 14.5 Å². The van der Waals surface area contributed by atoms with Crippen LogP contribution in [0, 0.1) is 17.0 Å². The third-order valence-corrected chi connectivity index (χ3v) is 5.29. The molecule has 8 heteroatoms. The van der Waals surface area contributed by atoms with Crippen LogP contribution in [0.1, 0.15) is 21.6 Å². The summed E-state index contributed by atoms with van der Waals surface area (Å²) in [5.74, 6) is -0.595. The van der Waals surface area contributed by atoms with Crippen LogP contribution in [0.15, 0.2) is 41.1 Å². The Morgan fingerprint density at radius 2 is 2.12 bits per heavy atom. The largest absolute Gasteiger partial charge is 0.456 e. The average Bonchev–Trinajstić information content (AvgIpc) is 3.23. The first-order valence-corrected chi connectivity index (χ1v) is 8.71. The van der Waals surface area contributed by atoms with Crippen molar-refractivity contribution in [3.63, 3.8) is 0 Å². The van der Waals surface area contributed by atoms with E-state index >= 15 is 0 Å². The van der Waals surface area contributed by atoms with Gasteiger partial charge in [0.05, 0.1) is 21.1 Å². The predicted octanol–water partition coefficient (Wildman–Crippen LogP) is 4.45. The fourth-order valence-corrected chi connectivity index (χ4v) is 3.76. The number of rotatable bonds is 5. The highest BCUT2D eigenvalue weighted by molar-refractivity contribution is 7.20. The Labute approximate surface area is 145 Å². The van der Waals surface area contributed by atoms with Gasteiger partial charge in [-0.1, -0.05) is 12.1 Å².